The van der Waals surface area contributed by atoms with Crippen molar-refractivity contribution >= 4 is 0 Å². The molecule has 0 aromatic carbocycles. The zero-order valence-electron chi connectivity index (χ0n) is 9.25. The first-order chi connectivity index (χ1) is 6.65. The summed E-state index contributed by atoms with van der Waals surface area (Å²) in [7, 11) is 2.00. The minimum Gasteiger partial charge on any atom is -0.330 e. The van der Waals surface area contributed by atoms with Gasteiger partial charge in [-0.15, -0.1) is 0 Å². The van der Waals surface area contributed by atoms with Gasteiger partial charge in [0.25, 0.3) is 0 Å². The average Bonchev–Trinajstić information content (AvgIpc) is 2.50. The molecule has 1 saturated carbocycles. The molecule has 1 aliphatic rings. The predicted octanol–water partition coefficient (Wildman–Crippen LogP) is 2.06. The van der Waals surface area contributed by atoms with Gasteiger partial charge in [0.1, 0.15) is 0 Å². The van der Waals surface area contributed by atoms with Crippen LogP contribution in [0, 0.1) is 0 Å². The highest BCUT2D eigenvalue weighted by atomic mass is 15.1. The second-order valence-electron chi connectivity index (χ2n) is 4.65. The number of hydrogen-bond acceptors (Lipinski definition) is 2. The molecule has 0 radical (unpaired) electrons. The molecule has 0 spiro atoms. The highest BCUT2D eigenvalue weighted by Gasteiger charge is 2.27. The smallest absolute Gasteiger partial charge is 0.0951 e. The first-order valence-corrected chi connectivity index (χ1v) is 5.36. The van der Waals surface area contributed by atoms with Crippen molar-refractivity contribution in [3.8, 4) is 0 Å². The molecule has 0 saturated heterocycles. The molecule has 0 amide bonds. The van der Waals surface area contributed by atoms with Crippen LogP contribution in [-0.4, -0.2) is 16.6 Å². The quantitative estimate of drug-likeness (QED) is 0.796. The van der Waals surface area contributed by atoms with E-state index in [0.29, 0.717) is 6.04 Å². The van der Waals surface area contributed by atoms with E-state index in [9.17, 15) is 0 Å². The fraction of sp³-hybridized carbons (Fsp3) is 0.727. The van der Waals surface area contributed by atoms with E-state index in [1.807, 2.05) is 19.6 Å². The van der Waals surface area contributed by atoms with E-state index in [1.165, 1.54) is 25.0 Å². The monoisotopic (exact) mass is 193 g/mol. The SMILES string of the molecule is CNC(C)(C)c1cncn1C1CCC1. The molecule has 1 heterocycles. The highest BCUT2D eigenvalue weighted by Crippen LogP contribution is 2.34. The molecule has 3 heteroatoms. The molecule has 3 nitrogen and oxygen atoms in total. The summed E-state index contributed by atoms with van der Waals surface area (Å²) >= 11 is 0. The number of imidazole rings is 1. The Morgan fingerprint density at radius 3 is 2.71 bits per heavy atom. The molecule has 14 heavy (non-hydrogen) atoms. The minimum atomic E-state index is 0.0199. The summed E-state index contributed by atoms with van der Waals surface area (Å²) < 4.78 is 2.33. The van der Waals surface area contributed by atoms with Gasteiger partial charge in [-0.1, -0.05) is 0 Å². The van der Waals surface area contributed by atoms with Crippen LogP contribution >= 0.6 is 0 Å². The third-order valence-corrected chi connectivity index (χ3v) is 3.40. The van der Waals surface area contributed by atoms with Gasteiger partial charge in [-0.25, -0.2) is 4.98 Å². The molecular weight excluding hydrogens is 174 g/mol. The summed E-state index contributed by atoms with van der Waals surface area (Å²) in [5.74, 6) is 0. The van der Waals surface area contributed by atoms with Crippen molar-refractivity contribution in [3.05, 3.63) is 18.2 Å². The summed E-state index contributed by atoms with van der Waals surface area (Å²) in [6, 6.07) is 0.695. The van der Waals surface area contributed by atoms with Crippen LogP contribution in [0.3, 0.4) is 0 Å². The van der Waals surface area contributed by atoms with Crippen LogP contribution in [0.4, 0.5) is 0 Å². The number of nitrogens with zero attached hydrogens (tertiary/aromatic N) is 2. The van der Waals surface area contributed by atoms with Gasteiger partial charge in [0.15, 0.2) is 0 Å². The van der Waals surface area contributed by atoms with Gasteiger partial charge in [0.05, 0.1) is 23.8 Å². The van der Waals surface area contributed by atoms with Crippen LogP contribution in [0.15, 0.2) is 12.5 Å². The summed E-state index contributed by atoms with van der Waals surface area (Å²) in [6.07, 6.45) is 7.93. The second-order valence-corrected chi connectivity index (χ2v) is 4.65. The lowest BCUT2D eigenvalue weighted by atomic mass is 9.91. The molecule has 1 fully saturated rings. The lowest BCUT2D eigenvalue weighted by Gasteiger charge is -2.33. The van der Waals surface area contributed by atoms with Crippen molar-refractivity contribution in [2.45, 2.75) is 44.7 Å². The fourth-order valence-corrected chi connectivity index (χ4v) is 1.87. The largest absolute Gasteiger partial charge is 0.330 e. The number of aromatic nitrogens is 2. The molecule has 0 atom stereocenters. The Morgan fingerprint density at radius 1 is 1.50 bits per heavy atom. The van der Waals surface area contributed by atoms with Gasteiger partial charge < -0.3 is 9.88 Å². The Hall–Kier alpha value is -0.830. The van der Waals surface area contributed by atoms with Gasteiger partial charge in [0, 0.05) is 6.04 Å². The van der Waals surface area contributed by atoms with Crippen LogP contribution in [0.1, 0.15) is 44.8 Å². The van der Waals surface area contributed by atoms with Crippen molar-refractivity contribution in [1.82, 2.24) is 14.9 Å². The van der Waals surface area contributed by atoms with Crippen molar-refractivity contribution in [2.75, 3.05) is 7.05 Å². The molecule has 1 aromatic rings. The molecule has 0 bridgehead atoms. The lowest BCUT2D eigenvalue weighted by Crippen LogP contribution is -2.36. The fourth-order valence-electron chi connectivity index (χ4n) is 1.87. The first-order valence-electron chi connectivity index (χ1n) is 5.36. The maximum absolute atomic E-state index is 4.26. The summed E-state index contributed by atoms with van der Waals surface area (Å²) in [6.45, 7) is 4.39. The van der Waals surface area contributed by atoms with E-state index >= 15 is 0 Å². The van der Waals surface area contributed by atoms with E-state index in [4.69, 9.17) is 0 Å². The normalized spacial score (nSPS) is 18.2. The van der Waals surface area contributed by atoms with Crippen LogP contribution < -0.4 is 5.32 Å². The summed E-state index contributed by atoms with van der Waals surface area (Å²) in [5, 5.41) is 3.33. The Bertz CT molecular complexity index is 310. The Labute approximate surface area is 85.5 Å². The summed E-state index contributed by atoms with van der Waals surface area (Å²) in [5.41, 5.74) is 1.32. The van der Waals surface area contributed by atoms with Crippen LogP contribution in [0.25, 0.3) is 0 Å². The van der Waals surface area contributed by atoms with E-state index < -0.39 is 0 Å². The van der Waals surface area contributed by atoms with Crippen LogP contribution in [-0.2, 0) is 5.54 Å². The van der Waals surface area contributed by atoms with E-state index in [2.05, 4.69) is 28.7 Å². The van der Waals surface area contributed by atoms with Gasteiger partial charge in [0.2, 0.25) is 0 Å². The molecule has 78 valence electrons. The standard InChI is InChI=1S/C11H19N3/c1-11(2,12-3)10-7-13-8-14(10)9-5-4-6-9/h7-9,12H,4-6H2,1-3H3. The van der Waals surface area contributed by atoms with Crippen LogP contribution in [0.2, 0.25) is 0 Å². The number of rotatable bonds is 3. The molecule has 0 unspecified atom stereocenters. The van der Waals surface area contributed by atoms with E-state index in [1.54, 1.807) is 0 Å². The zero-order valence-corrected chi connectivity index (χ0v) is 9.25. The summed E-state index contributed by atoms with van der Waals surface area (Å²) in [4.78, 5) is 4.26. The van der Waals surface area contributed by atoms with Crippen molar-refractivity contribution in [1.29, 1.82) is 0 Å². The molecule has 2 rings (SSSR count). The van der Waals surface area contributed by atoms with Crippen molar-refractivity contribution in [3.63, 3.8) is 0 Å². The average molecular weight is 193 g/mol. The first kappa shape index (κ1) is 9.71. The maximum Gasteiger partial charge on any atom is 0.0951 e. The maximum atomic E-state index is 4.26. The van der Waals surface area contributed by atoms with Gasteiger partial charge in [-0.3, -0.25) is 0 Å². The highest BCUT2D eigenvalue weighted by molar-refractivity contribution is 5.12. The van der Waals surface area contributed by atoms with E-state index in [-0.39, 0.29) is 5.54 Å². The van der Waals surface area contributed by atoms with Crippen LogP contribution in [0.5, 0.6) is 0 Å². The van der Waals surface area contributed by atoms with Gasteiger partial charge in [-0.05, 0) is 40.2 Å². The topological polar surface area (TPSA) is 29.9 Å². The second kappa shape index (κ2) is 3.39. The van der Waals surface area contributed by atoms with Gasteiger partial charge in [-0.2, -0.15) is 0 Å². The number of hydrogen-bond donors (Lipinski definition) is 1. The molecule has 1 aliphatic carbocycles. The third kappa shape index (κ3) is 1.46. The predicted molar refractivity (Wildman–Crippen MR) is 57.2 cm³/mol. The molecular formula is C11H19N3. The minimum absolute atomic E-state index is 0.0199. The lowest BCUT2D eigenvalue weighted by molar-refractivity contribution is 0.285. The van der Waals surface area contributed by atoms with Crippen molar-refractivity contribution < 1.29 is 0 Å². The Balaban J connectivity index is 2.28. The molecule has 0 aliphatic heterocycles. The molecule has 1 N–H and O–H groups in total. The number of nitrogens with one attached hydrogen (secondary N) is 1. The van der Waals surface area contributed by atoms with Gasteiger partial charge >= 0.3 is 0 Å². The Morgan fingerprint density at radius 2 is 2.21 bits per heavy atom. The third-order valence-electron chi connectivity index (χ3n) is 3.40. The van der Waals surface area contributed by atoms with Crippen molar-refractivity contribution in [2.24, 2.45) is 0 Å². The van der Waals surface area contributed by atoms with E-state index in [0.717, 1.165) is 0 Å². The zero-order chi connectivity index (χ0) is 10.2. The molecule has 1 aromatic heterocycles. The Kier molecular flexibility index (Phi) is 2.35.